The molecule has 0 aromatic heterocycles. The lowest BCUT2D eigenvalue weighted by Gasteiger charge is -2.25. The van der Waals surface area contributed by atoms with Crippen LogP contribution >= 0.6 is 0 Å². The molecule has 0 spiro atoms. The first kappa shape index (κ1) is 17.2. The van der Waals surface area contributed by atoms with Crippen molar-refractivity contribution in [3.05, 3.63) is 54.1 Å². The number of methoxy groups -OCH3 is 2. The summed E-state index contributed by atoms with van der Waals surface area (Å²) in [6.45, 7) is 6.50. The van der Waals surface area contributed by atoms with Crippen molar-refractivity contribution in [2.75, 3.05) is 20.0 Å². The molecule has 25 heavy (non-hydrogen) atoms. The van der Waals surface area contributed by atoms with Gasteiger partial charge in [0.15, 0.2) is 0 Å². The van der Waals surface area contributed by atoms with E-state index in [1.54, 1.807) is 14.2 Å². The molecule has 0 aliphatic carbocycles. The maximum absolute atomic E-state index is 6.20. The van der Waals surface area contributed by atoms with E-state index in [1.807, 2.05) is 24.3 Å². The Bertz CT molecular complexity index is 923. The first-order valence-electron chi connectivity index (χ1n) is 8.39. The highest BCUT2D eigenvalue weighted by Gasteiger charge is 2.22. The number of anilines is 1. The van der Waals surface area contributed by atoms with Crippen LogP contribution in [-0.2, 0) is 5.41 Å². The van der Waals surface area contributed by atoms with E-state index in [4.69, 9.17) is 15.2 Å². The molecule has 3 aromatic carbocycles. The largest absolute Gasteiger partial charge is 0.497 e. The molecule has 0 heterocycles. The molecular formula is C22H25NO2. The average molecular weight is 335 g/mol. The van der Waals surface area contributed by atoms with Crippen LogP contribution in [0.5, 0.6) is 11.5 Å². The predicted molar refractivity (Wildman–Crippen MR) is 106 cm³/mol. The molecule has 2 N–H and O–H groups in total. The highest BCUT2D eigenvalue weighted by Crippen LogP contribution is 2.41. The van der Waals surface area contributed by atoms with Gasteiger partial charge in [-0.05, 0) is 52.1 Å². The van der Waals surface area contributed by atoms with E-state index in [9.17, 15) is 0 Å². The lowest BCUT2D eigenvalue weighted by atomic mass is 9.83. The normalized spacial score (nSPS) is 11.6. The molecule has 0 saturated carbocycles. The van der Waals surface area contributed by atoms with Gasteiger partial charge in [-0.25, -0.2) is 0 Å². The van der Waals surface area contributed by atoms with Gasteiger partial charge in [-0.1, -0.05) is 39.0 Å². The molecule has 3 heteroatoms. The molecule has 0 fully saturated rings. The summed E-state index contributed by atoms with van der Waals surface area (Å²) in [6, 6.07) is 16.4. The van der Waals surface area contributed by atoms with Gasteiger partial charge in [-0.15, -0.1) is 0 Å². The maximum Gasteiger partial charge on any atom is 0.130 e. The van der Waals surface area contributed by atoms with Crippen LogP contribution < -0.4 is 15.2 Å². The molecule has 0 amide bonds. The smallest absolute Gasteiger partial charge is 0.130 e. The first-order chi connectivity index (χ1) is 11.8. The standard InChI is InChI=1S/C22H25NO2/c1-22(2,3)20-13-17(23)12-19(21(20)25-5)16-7-6-15-11-18(24-4)9-8-14(15)10-16/h6-13H,23H2,1-5H3. The zero-order chi connectivity index (χ0) is 18.2. The van der Waals surface area contributed by atoms with Crippen molar-refractivity contribution in [1.82, 2.24) is 0 Å². The van der Waals surface area contributed by atoms with Crippen molar-refractivity contribution in [2.24, 2.45) is 0 Å². The van der Waals surface area contributed by atoms with Crippen LogP contribution in [-0.4, -0.2) is 14.2 Å². The number of hydrogen-bond donors (Lipinski definition) is 1. The average Bonchev–Trinajstić information content (AvgIpc) is 2.59. The number of hydrogen-bond acceptors (Lipinski definition) is 3. The molecule has 0 atom stereocenters. The van der Waals surface area contributed by atoms with Gasteiger partial charge in [0.1, 0.15) is 11.5 Å². The van der Waals surface area contributed by atoms with Crippen LogP contribution in [0.15, 0.2) is 48.5 Å². The Hall–Kier alpha value is -2.68. The minimum absolute atomic E-state index is 0.0559. The van der Waals surface area contributed by atoms with Gasteiger partial charge in [0.25, 0.3) is 0 Å². The molecule has 0 saturated heterocycles. The second kappa shape index (κ2) is 6.32. The molecule has 0 aliphatic rings. The van der Waals surface area contributed by atoms with E-state index in [-0.39, 0.29) is 5.41 Å². The highest BCUT2D eigenvalue weighted by atomic mass is 16.5. The van der Waals surface area contributed by atoms with Gasteiger partial charge < -0.3 is 15.2 Å². The maximum atomic E-state index is 6.20. The molecule has 0 bridgehead atoms. The topological polar surface area (TPSA) is 44.5 Å². The molecular weight excluding hydrogens is 310 g/mol. The Morgan fingerprint density at radius 3 is 2.12 bits per heavy atom. The molecule has 0 aliphatic heterocycles. The second-order valence-corrected chi connectivity index (χ2v) is 7.33. The fourth-order valence-corrected chi connectivity index (χ4v) is 3.16. The molecule has 3 nitrogen and oxygen atoms in total. The Labute approximate surface area is 149 Å². The molecule has 3 aromatic rings. The van der Waals surface area contributed by atoms with Crippen molar-refractivity contribution in [3.63, 3.8) is 0 Å². The Morgan fingerprint density at radius 1 is 0.800 bits per heavy atom. The lowest BCUT2D eigenvalue weighted by Crippen LogP contribution is -2.14. The Balaban J connectivity index is 2.22. The quantitative estimate of drug-likeness (QED) is 0.651. The van der Waals surface area contributed by atoms with E-state index >= 15 is 0 Å². The van der Waals surface area contributed by atoms with Crippen molar-refractivity contribution in [2.45, 2.75) is 26.2 Å². The van der Waals surface area contributed by atoms with Crippen molar-refractivity contribution in [3.8, 4) is 22.6 Å². The summed E-state index contributed by atoms with van der Waals surface area (Å²) in [5.41, 5.74) is 10.1. The molecule has 130 valence electrons. The van der Waals surface area contributed by atoms with Crippen molar-refractivity contribution >= 4 is 16.5 Å². The zero-order valence-electron chi connectivity index (χ0n) is 15.5. The minimum atomic E-state index is -0.0559. The third-order valence-electron chi connectivity index (χ3n) is 4.48. The fraction of sp³-hybridized carbons (Fsp3) is 0.273. The van der Waals surface area contributed by atoms with Crippen molar-refractivity contribution < 1.29 is 9.47 Å². The van der Waals surface area contributed by atoms with E-state index in [1.165, 1.54) is 0 Å². The third-order valence-corrected chi connectivity index (χ3v) is 4.48. The Morgan fingerprint density at radius 2 is 1.48 bits per heavy atom. The minimum Gasteiger partial charge on any atom is -0.497 e. The van der Waals surface area contributed by atoms with Gasteiger partial charge in [0, 0.05) is 16.8 Å². The van der Waals surface area contributed by atoms with E-state index in [0.717, 1.165) is 44.6 Å². The second-order valence-electron chi connectivity index (χ2n) is 7.33. The van der Waals surface area contributed by atoms with Crippen molar-refractivity contribution in [1.29, 1.82) is 0 Å². The number of nitrogens with two attached hydrogens (primary N) is 1. The summed E-state index contributed by atoms with van der Waals surface area (Å²) < 4.78 is 11.1. The summed E-state index contributed by atoms with van der Waals surface area (Å²) in [7, 11) is 3.40. The molecule has 0 radical (unpaired) electrons. The lowest BCUT2D eigenvalue weighted by molar-refractivity contribution is 0.399. The monoisotopic (exact) mass is 335 g/mol. The first-order valence-corrected chi connectivity index (χ1v) is 8.39. The van der Waals surface area contributed by atoms with Gasteiger partial charge in [0.2, 0.25) is 0 Å². The van der Waals surface area contributed by atoms with Gasteiger partial charge in [0.05, 0.1) is 14.2 Å². The van der Waals surface area contributed by atoms with E-state index in [0.29, 0.717) is 0 Å². The number of rotatable bonds is 3. The van der Waals surface area contributed by atoms with Crippen LogP contribution in [0.1, 0.15) is 26.3 Å². The summed E-state index contributed by atoms with van der Waals surface area (Å²) in [5, 5.41) is 2.29. The van der Waals surface area contributed by atoms with Crippen LogP contribution in [0.3, 0.4) is 0 Å². The van der Waals surface area contributed by atoms with Gasteiger partial charge in [-0.3, -0.25) is 0 Å². The Kier molecular flexibility index (Phi) is 4.34. The van der Waals surface area contributed by atoms with Crippen LogP contribution in [0.4, 0.5) is 5.69 Å². The summed E-state index contributed by atoms with van der Waals surface area (Å²) in [5.74, 6) is 1.74. The SMILES string of the molecule is COc1ccc2cc(-c3cc(N)cc(C(C)(C)C)c3OC)ccc2c1. The fourth-order valence-electron chi connectivity index (χ4n) is 3.16. The number of ether oxygens (including phenoxy) is 2. The summed E-state index contributed by atoms with van der Waals surface area (Å²) in [4.78, 5) is 0. The highest BCUT2D eigenvalue weighted by molar-refractivity contribution is 5.90. The third kappa shape index (κ3) is 3.27. The van der Waals surface area contributed by atoms with Gasteiger partial charge in [-0.2, -0.15) is 0 Å². The van der Waals surface area contributed by atoms with Crippen LogP contribution in [0.2, 0.25) is 0 Å². The van der Waals surface area contributed by atoms with Crippen LogP contribution in [0.25, 0.3) is 21.9 Å². The van der Waals surface area contributed by atoms with Crippen LogP contribution in [0, 0.1) is 0 Å². The summed E-state index contributed by atoms with van der Waals surface area (Å²) >= 11 is 0. The molecule has 0 unspecified atom stereocenters. The van der Waals surface area contributed by atoms with Gasteiger partial charge >= 0.3 is 0 Å². The summed E-state index contributed by atoms with van der Waals surface area (Å²) in [6.07, 6.45) is 0. The number of benzene rings is 3. The number of fused-ring (bicyclic) bond motifs is 1. The van der Waals surface area contributed by atoms with E-state index < -0.39 is 0 Å². The zero-order valence-corrected chi connectivity index (χ0v) is 15.5. The van der Waals surface area contributed by atoms with E-state index in [2.05, 4.69) is 45.0 Å². The predicted octanol–water partition coefficient (Wildman–Crippen LogP) is 5.40. The number of nitrogen functional groups attached to an aromatic ring is 1. The molecule has 3 rings (SSSR count).